The summed E-state index contributed by atoms with van der Waals surface area (Å²) in [5.41, 5.74) is 6.80. The molecule has 14 heavy (non-hydrogen) atoms. The molecule has 0 saturated heterocycles. The van der Waals surface area contributed by atoms with Crippen molar-refractivity contribution in [3.8, 4) is 5.88 Å². The van der Waals surface area contributed by atoms with Gasteiger partial charge in [0.25, 0.3) is 0 Å². The van der Waals surface area contributed by atoms with E-state index in [0.29, 0.717) is 11.8 Å². The van der Waals surface area contributed by atoms with Crippen molar-refractivity contribution in [1.29, 1.82) is 0 Å². The first-order chi connectivity index (χ1) is 6.76. The quantitative estimate of drug-likeness (QED) is 0.899. The van der Waals surface area contributed by atoms with Gasteiger partial charge in [0.2, 0.25) is 5.88 Å². The van der Waals surface area contributed by atoms with Gasteiger partial charge in [0, 0.05) is 16.2 Å². The zero-order chi connectivity index (χ0) is 10.1. The summed E-state index contributed by atoms with van der Waals surface area (Å²) in [5.74, 6) is 1.88. The SMILES string of the molecule is COc1ncc(Br)cc1C1CC1CN. The van der Waals surface area contributed by atoms with Crippen LogP contribution in [0.1, 0.15) is 17.9 Å². The maximum absolute atomic E-state index is 5.62. The van der Waals surface area contributed by atoms with Crippen molar-refractivity contribution in [3.05, 3.63) is 22.3 Å². The monoisotopic (exact) mass is 256 g/mol. The van der Waals surface area contributed by atoms with Crippen LogP contribution in [0.3, 0.4) is 0 Å². The predicted octanol–water partition coefficient (Wildman–Crippen LogP) is 1.91. The summed E-state index contributed by atoms with van der Waals surface area (Å²) >= 11 is 3.41. The van der Waals surface area contributed by atoms with Crippen molar-refractivity contribution in [2.75, 3.05) is 13.7 Å². The number of nitrogens with zero attached hydrogens (tertiary/aromatic N) is 1. The molecule has 1 fully saturated rings. The molecule has 1 aliphatic carbocycles. The standard InChI is InChI=1S/C10H13BrN2O/c1-14-10-9(3-7(11)5-13-10)8-2-6(8)4-12/h3,5-6,8H,2,4,12H2,1H3. The number of hydrogen-bond donors (Lipinski definition) is 1. The first-order valence-electron chi connectivity index (χ1n) is 4.65. The molecule has 1 heterocycles. The highest BCUT2D eigenvalue weighted by Gasteiger charge is 2.39. The van der Waals surface area contributed by atoms with Crippen LogP contribution in [0.4, 0.5) is 0 Å². The first-order valence-corrected chi connectivity index (χ1v) is 5.45. The minimum Gasteiger partial charge on any atom is -0.481 e. The molecule has 0 amide bonds. The molecule has 2 atom stereocenters. The van der Waals surface area contributed by atoms with E-state index in [2.05, 4.69) is 27.0 Å². The fraction of sp³-hybridized carbons (Fsp3) is 0.500. The Labute approximate surface area is 91.8 Å². The van der Waals surface area contributed by atoms with Crippen LogP contribution in [0.25, 0.3) is 0 Å². The van der Waals surface area contributed by atoms with E-state index in [9.17, 15) is 0 Å². The third-order valence-electron chi connectivity index (χ3n) is 2.66. The summed E-state index contributed by atoms with van der Waals surface area (Å²) < 4.78 is 6.22. The summed E-state index contributed by atoms with van der Waals surface area (Å²) in [6, 6.07) is 2.08. The number of nitrogens with two attached hydrogens (primary N) is 1. The van der Waals surface area contributed by atoms with Crippen molar-refractivity contribution in [1.82, 2.24) is 4.98 Å². The number of halogens is 1. The van der Waals surface area contributed by atoms with Gasteiger partial charge in [-0.25, -0.2) is 4.98 Å². The summed E-state index contributed by atoms with van der Waals surface area (Å²) in [6.45, 7) is 0.750. The second kappa shape index (κ2) is 3.87. The molecule has 0 spiro atoms. The minimum absolute atomic E-state index is 0.542. The molecule has 0 bridgehead atoms. The second-order valence-electron chi connectivity index (χ2n) is 3.59. The van der Waals surface area contributed by atoms with Crippen molar-refractivity contribution >= 4 is 15.9 Å². The van der Waals surface area contributed by atoms with Crippen LogP contribution < -0.4 is 10.5 Å². The third kappa shape index (κ3) is 1.77. The number of ether oxygens (including phenoxy) is 1. The van der Waals surface area contributed by atoms with Gasteiger partial charge in [-0.3, -0.25) is 0 Å². The van der Waals surface area contributed by atoms with E-state index in [1.807, 2.05) is 0 Å². The third-order valence-corrected chi connectivity index (χ3v) is 3.10. The Morgan fingerprint density at radius 2 is 2.50 bits per heavy atom. The van der Waals surface area contributed by atoms with Gasteiger partial charge in [-0.1, -0.05) is 0 Å². The lowest BCUT2D eigenvalue weighted by Crippen LogP contribution is -2.03. The van der Waals surface area contributed by atoms with Crippen LogP contribution in [-0.2, 0) is 0 Å². The smallest absolute Gasteiger partial charge is 0.216 e. The van der Waals surface area contributed by atoms with Crippen LogP contribution in [0.15, 0.2) is 16.7 Å². The molecule has 4 heteroatoms. The number of hydrogen-bond acceptors (Lipinski definition) is 3. The van der Waals surface area contributed by atoms with Gasteiger partial charge >= 0.3 is 0 Å². The first kappa shape index (κ1) is 9.93. The van der Waals surface area contributed by atoms with Crippen LogP contribution in [0.5, 0.6) is 5.88 Å². The molecule has 2 unspecified atom stereocenters. The number of aromatic nitrogens is 1. The van der Waals surface area contributed by atoms with Gasteiger partial charge in [0.15, 0.2) is 0 Å². The summed E-state index contributed by atoms with van der Waals surface area (Å²) in [7, 11) is 1.65. The number of rotatable bonds is 3. The normalized spacial score (nSPS) is 24.8. The molecule has 0 aromatic carbocycles. The Morgan fingerprint density at radius 3 is 3.07 bits per heavy atom. The minimum atomic E-state index is 0.542. The van der Waals surface area contributed by atoms with E-state index in [0.717, 1.165) is 23.3 Å². The van der Waals surface area contributed by atoms with Crippen molar-refractivity contribution in [2.45, 2.75) is 12.3 Å². The highest BCUT2D eigenvalue weighted by molar-refractivity contribution is 9.10. The van der Waals surface area contributed by atoms with Crippen molar-refractivity contribution < 1.29 is 4.74 Å². The fourth-order valence-corrected chi connectivity index (χ4v) is 2.12. The molecule has 1 aromatic rings. The van der Waals surface area contributed by atoms with E-state index in [4.69, 9.17) is 10.5 Å². The summed E-state index contributed by atoms with van der Waals surface area (Å²) in [5, 5.41) is 0. The lowest BCUT2D eigenvalue weighted by molar-refractivity contribution is 0.392. The Balaban J connectivity index is 2.27. The molecule has 1 aromatic heterocycles. The predicted molar refractivity (Wildman–Crippen MR) is 58.4 cm³/mol. The molecular formula is C10H13BrN2O. The van der Waals surface area contributed by atoms with Crippen LogP contribution >= 0.6 is 15.9 Å². The topological polar surface area (TPSA) is 48.1 Å². The van der Waals surface area contributed by atoms with E-state index < -0.39 is 0 Å². The van der Waals surface area contributed by atoms with E-state index in [-0.39, 0.29) is 0 Å². The molecule has 1 saturated carbocycles. The van der Waals surface area contributed by atoms with Gasteiger partial charge in [0.1, 0.15) is 0 Å². The molecule has 0 radical (unpaired) electrons. The molecular weight excluding hydrogens is 244 g/mol. The Hall–Kier alpha value is -0.610. The highest BCUT2D eigenvalue weighted by Crippen LogP contribution is 2.49. The lowest BCUT2D eigenvalue weighted by Gasteiger charge is -2.06. The zero-order valence-electron chi connectivity index (χ0n) is 8.03. The molecule has 1 aliphatic rings. The molecule has 76 valence electrons. The lowest BCUT2D eigenvalue weighted by atomic mass is 10.1. The van der Waals surface area contributed by atoms with Crippen LogP contribution in [0, 0.1) is 5.92 Å². The molecule has 0 aliphatic heterocycles. The molecule has 2 rings (SSSR count). The second-order valence-corrected chi connectivity index (χ2v) is 4.51. The number of methoxy groups -OCH3 is 1. The van der Waals surface area contributed by atoms with E-state index in [1.165, 1.54) is 5.56 Å². The average Bonchev–Trinajstić information content (AvgIpc) is 2.96. The zero-order valence-corrected chi connectivity index (χ0v) is 9.62. The van der Waals surface area contributed by atoms with E-state index in [1.54, 1.807) is 13.3 Å². The van der Waals surface area contributed by atoms with Gasteiger partial charge < -0.3 is 10.5 Å². The largest absolute Gasteiger partial charge is 0.481 e. The number of pyridine rings is 1. The van der Waals surface area contributed by atoms with Gasteiger partial charge in [0.05, 0.1) is 7.11 Å². The van der Waals surface area contributed by atoms with E-state index >= 15 is 0 Å². The van der Waals surface area contributed by atoms with Crippen LogP contribution in [0.2, 0.25) is 0 Å². The maximum Gasteiger partial charge on any atom is 0.216 e. The Bertz CT molecular complexity index is 343. The fourth-order valence-electron chi connectivity index (χ4n) is 1.77. The van der Waals surface area contributed by atoms with Gasteiger partial charge in [-0.15, -0.1) is 0 Å². The Kier molecular flexibility index (Phi) is 2.74. The maximum atomic E-state index is 5.62. The summed E-state index contributed by atoms with van der Waals surface area (Å²) in [4.78, 5) is 4.22. The summed E-state index contributed by atoms with van der Waals surface area (Å²) in [6.07, 6.45) is 2.91. The van der Waals surface area contributed by atoms with Crippen LogP contribution in [-0.4, -0.2) is 18.6 Å². The Morgan fingerprint density at radius 1 is 1.71 bits per heavy atom. The molecule has 3 nitrogen and oxygen atoms in total. The average molecular weight is 257 g/mol. The van der Waals surface area contributed by atoms with Crippen molar-refractivity contribution in [3.63, 3.8) is 0 Å². The van der Waals surface area contributed by atoms with Gasteiger partial charge in [-0.2, -0.15) is 0 Å². The molecule has 2 N–H and O–H groups in total. The van der Waals surface area contributed by atoms with Gasteiger partial charge in [-0.05, 0) is 46.8 Å². The van der Waals surface area contributed by atoms with Crippen molar-refractivity contribution in [2.24, 2.45) is 11.7 Å². The highest BCUT2D eigenvalue weighted by atomic mass is 79.9.